The molecular weight excluding hydrogens is 236 g/mol. The van der Waals surface area contributed by atoms with Crippen molar-refractivity contribution in [3.63, 3.8) is 0 Å². The highest BCUT2D eigenvalue weighted by Crippen LogP contribution is 2.37. The van der Waals surface area contributed by atoms with Crippen LogP contribution in [0.1, 0.15) is 45.6 Å². The van der Waals surface area contributed by atoms with Crippen LogP contribution in [0.25, 0.3) is 0 Å². The first-order chi connectivity index (χ1) is 8.97. The lowest BCUT2D eigenvalue weighted by atomic mass is 9.74. The third-order valence-corrected chi connectivity index (χ3v) is 4.21. The number of rotatable bonds is 4. The van der Waals surface area contributed by atoms with Crippen LogP contribution in [-0.2, 0) is 6.54 Å². The Morgan fingerprint density at radius 3 is 2.63 bits per heavy atom. The Labute approximate surface area is 116 Å². The molecule has 1 aliphatic heterocycles. The minimum absolute atomic E-state index is 0.000782. The van der Waals surface area contributed by atoms with Gasteiger partial charge in [-0.25, -0.2) is 0 Å². The van der Waals surface area contributed by atoms with E-state index in [-0.39, 0.29) is 5.56 Å². The molecule has 1 aliphatic rings. The largest absolute Gasteiger partial charge is 0.329 e. The predicted octanol–water partition coefficient (Wildman–Crippen LogP) is 3.02. The molecule has 0 spiro atoms. The molecule has 0 saturated carbocycles. The van der Waals surface area contributed by atoms with Gasteiger partial charge < -0.3 is 4.98 Å². The quantitative estimate of drug-likeness (QED) is 0.905. The average Bonchev–Trinajstić information content (AvgIpc) is 2.31. The molecule has 0 unspecified atom stereocenters. The molecule has 1 saturated heterocycles. The van der Waals surface area contributed by atoms with E-state index in [4.69, 9.17) is 0 Å². The number of nitrogens with one attached hydrogen (secondary N) is 1. The highest BCUT2D eigenvalue weighted by Gasteiger charge is 2.30. The van der Waals surface area contributed by atoms with Gasteiger partial charge in [0.05, 0.1) is 0 Å². The summed E-state index contributed by atoms with van der Waals surface area (Å²) in [6, 6.07) is 3.71. The topological polar surface area (TPSA) is 36.1 Å². The molecule has 0 aliphatic carbocycles. The zero-order valence-electron chi connectivity index (χ0n) is 12.4. The van der Waals surface area contributed by atoms with Crippen molar-refractivity contribution in [2.75, 3.05) is 13.1 Å². The Morgan fingerprint density at radius 2 is 2.05 bits per heavy atom. The first-order valence-corrected chi connectivity index (χ1v) is 7.37. The predicted molar refractivity (Wildman–Crippen MR) is 79.1 cm³/mol. The van der Waals surface area contributed by atoms with Crippen molar-refractivity contribution in [1.82, 2.24) is 9.88 Å². The van der Waals surface area contributed by atoms with Gasteiger partial charge in [-0.1, -0.05) is 20.8 Å². The molecule has 106 valence electrons. The molecule has 0 radical (unpaired) electrons. The number of H-pyrrole nitrogens is 1. The van der Waals surface area contributed by atoms with E-state index in [1.54, 1.807) is 12.3 Å². The highest BCUT2D eigenvalue weighted by atomic mass is 16.1. The van der Waals surface area contributed by atoms with E-state index in [2.05, 4.69) is 30.7 Å². The standard InChI is InChI=1S/C16H26N2O/c1-13(2)11-16(3)5-8-18(9-6-16)12-14-4-7-17-15(19)10-14/h4,7,10,13H,5-6,8-9,11-12H2,1-3H3,(H,17,19). The zero-order valence-corrected chi connectivity index (χ0v) is 12.4. The number of aromatic amines is 1. The number of likely N-dealkylation sites (tertiary alicyclic amines) is 1. The molecule has 0 amide bonds. The molecule has 1 fully saturated rings. The highest BCUT2D eigenvalue weighted by molar-refractivity contribution is 5.09. The fraction of sp³-hybridized carbons (Fsp3) is 0.688. The van der Waals surface area contributed by atoms with Crippen molar-refractivity contribution < 1.29 is 0 Å². The van der Waals surface area contributed by atoms with E-state index < -0.39 is 0 Å². The van der Waals surface area contributed by atoms with Gasteiger partial charge in [0, 0.05) is 18.8 Å². The van der Waals surface area contributed by atoms with Crippen LogP contribution < -0.4 is 5.56 Å². The molecule has 0 bridgehead atoms. The lowest BCUT2D eigenvalue weighted by Crippen LogP contribution is -2.39. The molecule has 0 atom stereocenters. The zero-order chi connectivity index (χ0) is 13.9. The maximum Gasteiger partial charge on any atom is 0.248 e. The molecule has 2 heterocycles. The van der Waals surface area contributed by atoms with Gasteiger partial charge in [-0.3, -0.25) is 9.69 Å². The minimum Gasteiger partial charge on any atom is -0.329 e. The van der Waals surface area contributed by atoms with Gasteiger partial charge in [0.2, 0.25) is 5.56 Å². The summed E-state index contributed by atoms with van der Waals surface area (Å²) in [4.78, 5) is 16.4. The van der Waals surface area contributed by atoms with E-state index in [0.717, 1.165) is 31.1 Å². The Balaban J connectivity index is 1.88. The Morgan fingerprint density at radius 1 is 1.37 bits per heavy atom. The monoisotopic (exact) mass is 262 g/mol. The van der Waals surface area contributed by atoms with Crippen LogP contribution >= 0.6 is 0 Å². The van der Waals surface area contributed by atoms with Crippen LogP contribution in [0.2, 0.25) is 0 Å². The van der Waals surface area contributed by atoms with E-state index in [1.165, 1.54) is 19.3 Å². The van der Waals surface area contributed by atoms with Gasteiger partial charge >= 0.3 is 0 Å². The fourth-order valence-electron chi connectivity index (χ4n) is 3.29. The molecule has 3 heteroatoms. The summed E-state index contributed by atoms with van der Waals surface area (Å²) >= 11 is 0. The number of hydrogen-bond acceptors (Lipinski definition) is 2. The van der Waals surface area contributed by atoms with Gasteiger partial charge in [0.15, 0.2) is 0 Å². The molecule has 1 aromatic heterocycles. The summed E-state index contributed by atoms with van der Waals surface area (Å²) < 4.78 is 0. The van der Waals surface area contributed by atoms with E-state index in [9.17, 15) is 4.79 Å². The fourth-order valence-corrected chi connectivity index (χ4v) is 3.29. The summed E-state index contributed by atoms with van der Waals surface area (Å²) in [6.45, 7) is 10.3. The average molecular weight is 262 g/mol. The van der Waals surface area contributed by atoms with E-state index in [1.807, 2.05) is 6.07 Å². The smallest absolute Gasteiger partial charge is 0.248 e. The first-order valence-electron chi connectivity index (χ1n) is 7.37. The summed E-state index contributed by atoms with van der Waals surface area (Å²) in [5, 5.41) is 0. The number of piperidine rings is 1. The van der Waals surface area contributed by atoms with Gasteiger partial charge in [-0.05, 0) is 55.3 Å². The van der Waals surface area contributed by atoms with Crippen LogP contribution in [0.15, 0.2) is 23.1 Å². The molecule has 2 rings (SSSR count). The lowest BCUT2D eigenvalue weighted by Gasteiger charge is -2.40. The van der Waals surface area contributed by atoms with Crippen molar-refractivity contribution in [2.24, 2.45) is 11.3 Å². The van der Waals surface area contributed by atoms with Crippen molar-refractivity contribution in [3.8, 4) is 0 Å². The maximum atomic E-state index is 11.3. The number of nitrogens with zero attached hydrogens (tertiary/aromatic N) is 1. The molecule has 19 heavy (non-hydrogen) atoms. The lowest BCUT2D eigenvalue weighted by molar-refractivity contribution is 0.0943. The SMILES string of the molecule is CC(C)CC1(C)CCN(Cc2cc[nH]c(=O)c2)CC1. The van der Waals surface area contributed by atoms with Gasteiger partial charge in [-0.15, -0.1) is 0 Å². The van der Waals surface area contributed by atoms with Crippen molar-refractivity contribution >= 4 is 0 Å². The van der Waals surface area contributed by atoms with Crippen LogP contribution in [-0.4, -0.2) is 23.0 Å². The number of hydrogen-bond donors (Lipinski definition) is 1. The molecular formula is C16H26N2O. The summed E-state index contributed by atoms with van der Waals surface area (Å²) in [6.07, 6.45) is 5.61. The van der Waals surface area contributed by atoms with Crippen LogP contribution in [0.5, 0.6) is 0 Å². The summed E-state index contributed by atoms with van der Waals surface area (Å²) in [5.74, 6) is 0.782. The summed E-state index contributed by atoms with van der Waals surface area (Å²) in [7, 11) is 0. The van der Waals surface area contributed by atoms with Gasteiger partial charge in [0.25, 0.3) is 0 Å². The molecule has 1 N–H and O–H groups in total. The first kappa shape index (κ1) is 14.3. The molecule has 0 aromatic carbocycles. The second kappa shape index (κ2) is 5.91. The third-order valence-electron chi connectivity index (χ3n) is 4.21. The Bertz CT molecular complexity index is 456. The number of pyridine rings is 1. The van der Waals surface area contributed by atoms with E-state index in [0.29, 0.717) is 5.41 Å². The third kappa shape index (κ3) is 4.20. The minimum atomic E-state index is -0.000782. The Kier molecular flexibility index (Phi) is 4.46. The van der Waals surface area contributed by atoms with Crippen molar-refractivity contribution in [1.29, 1.82) is 0 Å². The van der Waals surface area contributed by atoms with Crippen LogP contribution in [0.4, 0.5) is 0 Å². The second-order valence-electron chi connectivity index (χ2n) is 6.75. The van der Waals surface area contributed by atoms with Crippen LogP contribution in [0, 0.1) is 11.3 Å². The van der Waals surface area contributed by atoms with Crippen LogP contribution in [0.3, 0.4) is 0 Å². The van der Waals surface area contributed by atoms with Gasteiger partial charge in [-0.2, -0.15) is 0 Å². The maximum absolute atomic E-state index is 11.3. The van der Waals surface area contributed by atoms with Gasteiger partial charge in [0.1, 0.15) is 0 Å². The normalized spacial score (nSPS) is 19.8. The summed E-state index contributed by atoms with van der Waals surface area (Å²) in [5.41, 5.74) is 1.63. The molecule has 1 aromatic rings. The van der Waals surface area contributed by atoms with E-state index >= 15 is 0 Å². The van der Waals surface area contributed by atoms with Crippen molar-refractivity contribution in [3.05, 3.63) is 34.2 Å². The number of aromatic nitrogens is 1. The van der Waals surface area contributed by atoms with Crippen molar-refractivity contribution in [2.45, 2.75) is 46.6 Å². The second-order valence-corrected chi connectivity index (χ2v) is 6.75. The molecule has 3 nitrogen and oxygen atoms in total. The Hall–Kier alpha value is -1.09.